The molecule has 1 saturated heterocycles. The Kier molecular flexibility index (Phi) is 11.3. The smallest absolute Gasteiger partial charge is 0.274 e. The van der Waals surface area contributed by atoms with Crippen LogP contribution in [0.2, 0.25) is 0 Å². The van der Waals surface area contributed by atoms with Gasteiger partial charge in [0, 0.05) is 65.0 Å². The molecule has 0 unspecified atom stereocenters. The molecule has 2 amide bonds. The average Bonchev–Trinajstić information content (AvgIpc) is 2.89. The molecular weight excluding hydrogens is 456 g/mol. The van der Waals surface area contributed by atoms with E-state index in [1.54, 1.807) is 11.1 Å². The average molecular weight is 497 g/mol. The summed E-state index contributed by atoms with van der Waals surface area (Å²) in [5.41, 5.74) is 2.17. The largest absolute Gasteiger partial charge is 0.379 e. The number of nitrogens with zero attached hydrogens (tertiary/aromatic N) is 6. The summed E-state index contributed by atoms with van der Waals surface area (Å²) in [6.45, 7) is 8.95. The molecule has 196 valence electrons. The maximum Gasteiger partial charge on any atom is 0.274 e. The molecule has 1 aliphatic rings. The molecule has 2 heterocycles. The Morgan fingerprint density at radius 3 is 2.36 bits per heavy atom. The number of hydrogen-bond acceptors (Lipinski definition) is 7. The van der Waals surface area contributed by atoms with Crippen molar-refractivity contribution in [3.63, 3.8) is 0 Å². The van der Waals surface area contributed by atoms with Crippen molar-refractivity contribution in [1.29, 1.82) is 0 Å². The molecule has 0 aliphatic carbocycles. The number of hydrogen-bond donors (Lipinski definition) is 0. The number of morpholine rings is 1. The fourth-order valence-corrected chi connectivity index (χ4v) is 4.10. The van der Waals surface area contributed by atoms with Crippen LogP contribution in [-0.2, 0) is 16.1 Å². The highest BCUT2D eigenvalue weighted by atomic mass is 16.5. The molecular formula is C27H40N6O3. The Morgan fingerprint density at radius 1 is 0.944 bits per heavy atom. The Labute approximate surface area is 215 Å². The topological polar surface area (TPSA) is 82.1 Å². The fourth-order valence-electron chi connectivity index (χ4n) is 4.10. The van der Waals surface area contributed by atoms with Crippen molar-refractivity contribution in [3.05, 3.63) is 59.7 Å². The van der Waals surface area contributed by atoms with Gasteiger partial charge in [-0.3, -0.25) is 19.5 Å². The second-order valence-electron chi connectivity index (χ2n) is 9.50. The molecule has 9 nitrogen and oxygen atoms in total. The first-order chi connectivity index (χ1) is 17.4. The van der Waals surface area contributed by atoms with Crippen LogP contribution >= 0.6 is 0 Å². The van der Waals surface area contributed by atoms with Crippen LogP contribution in [0.1, 0.15) is 34.6 Å². The van der Waals surface area contributed by atoms with E-state index in [2.05, 4.69) is 19.8 Å². The van der Waals surface area contributed by atoms with Crippen molar-refractivity contribution in [2.45, 2.75) is 26.3 Å². The van der Waals surface area contributed by atoms with Gasteiger partial charge in [0.15, 0.2) is 0 Å². The molecule has 0 radical (unpaired) electrons. The molecule has 36 heavy (non-hydrogen) atoms. The number of likely N-dealkylation sites (N-methyl/N-ethyl adjacent to an activating group) is 1. The summed E-state index contributed by atoms with van der Waals surface area (Å²) in [5, 5.41) is 0. The number of amides is 2. The lowest BCUT2D eigenvalue weighted by molar-refractivity contribution is -0.132. The molecule has 9 heteroatoms. The minimum atomic E-state index is -0.180. The number of carbonyl (C=O) groups is 2. The molecule has 1 fully saturated rings. The van der Waals surface area contributed by atoms with Crippen LogP contribution in [0.4, 0.5) is 0 Å². The predicted molar refractivity (Wildman–Crippen MR) is 140 cm³/mol. The minimum absolute atomic E-state index is 0.0432. The standard InChI is InChI=1S/C27H40N6O3/c1-23-20-29-25(21-28-23)27(35)32(12-7-11-31-16-18-36-19-17-31)13-10-26(34)33(15-14-30(2)3)22-24-8-5-4-6-9-24/h4-6,8-9,20-21H,7,10-19,22H2,1-3H3. The lowest BCUT2D eigenvalue weighted by Gasteiger charge is -2.29. The zero-order valence-electron chi connectivity index (χ0n) is 21.9. The molecule has 1 aromatic carbocycles. The van der Waals surface area contributed by atoms with Crippen LogP contribution in [0.3, 0.4) is 0 Å². The Morgan fingerprint density at radius 2 is 1.69 bits per heavy atom. The van der Waals surface area contributed by atoms with Crippen LogP contribution in [0.25, 0.3) is 0 Å². The first-order valence-electron chi connectivity index (χ1n) is 12.8. The summed E-state index contributed by atoms with van der Waals surface area (Å²) in [6.07, 6.45) is 4.22. The number of carbonyl (C=O) groups excluding carboxylic acids is 2. The van der Waals surface area contributed by atoms with Crippen molar-refractivity contribution in [2.75, 3.05) is 73.1 Å². The highest BCUT2D eigenvalue weighted by Crippen LogP contribution is 2.10. The van der Waals surface area contributed by atoms with Crippen molar-refractivity contribution in [3.8, 4) is 0 Å². The number of ether oxygens (including phenoxy) is 1. The fraction of sp³-hybridized carbons (Fsp3) is 0.556. The SMILES string of the molecule is Cc1cnc(C(=O)N(CCCN2CCOCC2)CCC(=O)N(CCN(C)C)Cc2ccccc2)cn1. The third-order valence-electron chi connectivity index (χ3n) is 6.28. The first kappa shape index (κ1) is 27.7. The van der Waals surface area contributed by atoms with Gasteiger partial charge in [-0.1, -0.05) is 30.3 Å². The summed E-state index contributed by atoms with van der Waals surface area (Å²) in [4.78, 5) is 43.2. The van der Waals surface area contributed by atoms with E-state index in [-0.39, 0.29) is 18.2 Å². The van der Waals surface area contributed by atoms with Crippen molar-refractivity contribution < 1.29 is 14.3 Å². The van der Waals surface area contributed by atoms with Gasteiger partial charge in [0.2, 0.25) is 5.91 Å². The van der Waals surface area contributed by atoms with Gasteiger partial charge in [0.1, 0.15) is 5.69 Å². The number of aromatic nitrogens is 2. The van der Waals surface area contributed by atoms with E-state index >= 15 is 0 Å². The summed E-state index contributed by atoms with van der Waals surface area (Å²) >= 11 is 0. The maximum absolute atomic E-state index is 13.3. The van der Waals surface area contributed by atoms with Crippen molar-refractivity contribution in [2.24, 2.45) is 0 Å². The van der Waals surface area contributed by atoms with E-state index in [9.17, 15) is 9.59 Å². The highest BCUT2D eigenvalue weighted by molar-refractivity contribution is 5.92. The molecule has 2 aromatic rings. The van der Waals surface area contributed by atoms with Crippen molar-refractivity contribution >= 4 is 11.8 Å². The number of aryl methyl sites for hydroxylation is 1. The number of benzene rings is 1. The van der Waals surface area contributed by atoms with Gasteiger partial charge < -0.3 is 19.4 Å². The van der Waals surface area contributed by atoms with Crippen LogP contribution in [-0.4, -0.2) is 115 Å². The van der Waals surface area contributed by atoms with Gasteiger partial charge in [0.05, 0.1) is 25.1 Å². The van der Waals surface area contributed by atoms with Crippen LogP contribution in [0.5, 0.6) is 0 Å². The van der Waals surface area contributed by atoms with Gasteiger partial charge in [0.25, 0.3) is 5.91 Å². The Hall–Kier alpha value is -2.88. The molecule has 3 rings (SSSR count). The number of rotatable bonds is 13. The Bertz CT molecular complexity index is 932. The summed E-state index contributed by atoms with van der Waals surface area (Å²) in [6, 6.07) is 10.0. The van der Waals surface area contributed by atoms with Gasteiger partial charge in [-0.2, -0.15) is 0 Å². The third-order valence-corrected chi connectivity index (χ3v) is 6.28. The summed E-state index contributed by atoms with van der Waals surface area (Å²) in [7, 11) is 4.01. The van der Waals surface area contributed by atoms with Crippen molar-refractivity contribution in [1.82, 2.24) is 29.6 Å². The van der Waals surface area contributed by atoms with Gasteiger partial charge >= 0.3 is 0 Å². The van der Waals surface area contributed by atoms with E-state index in [1.807, 2.05) is 56.3 Å². The van der Waals surface area contributed by atoms with Gasteiger partial charge in [-0.25, -0.2) is 4.98 Å². The van der Waals surface area contributed by atoms with E-state index in [1.165, 1.54) is 6.20 Å². The molecule has 1 aliphatic heterocycles. The normalized spacial score (nSPS) is 14.1. The summed E-state index contributed by atoms with van der Waals surface area (Å²) in [5.74, 6) is -0.137. The monoisotopic (exact) mass is 496 g/mol. The third kappa shape index (κ3) is 9.29. The van der Waals surface area contributed by atoms with Crippen LogP contribution in [0.15, 0.2) is 42.7 Å². The predicted octanol–water partition coefficient (Wildman–Crippen LogP) is 1.93. The Balaban J connectivity index is 1.64. The lowest BCUT2D eigenvalue weighted by Crippen LogP contribution is -2.41. The van der Waals surface area contributed by atoms with Crippen LogP contribution in [0, 0.1) is 6.92 Å². The molecule has 1 aromatic heterocycles. The molecule has 0 N–H and O–H groups in total. The quantitative estimate of drug-likeness (QED) is 0.419. The second-order valence-corrected chi connectivity index (χ2v) is 9.50. The van der Waals surface area contributed by atoms with E-state index in [0.717, 1.165) is 57.1 Å². The molecule has 0 bridgehead atoms. The van der Waals surface area contributed by atoms with Gasteiger partial charge in [-0.15, -0.1) is 0 Å². The maximum atomic E-state index is 13.3. The highest BCUT2D eigenvalue weighted by Gasteiger charge is 2.21. The van der Waals surface area contributed by atoms with E-state index in [4.69, 9.17) is 4.74 Å². The zero-order valence-corrected chi connectivity index (χ0v) is 21.9. The van der Waals surface area contributed by atoms with Gasteiger partial charge in [-0.05, 0) is 33.0 Å². The second kappa shape index (κ2) is 14.6. The molecule has 0 spiro atoms. The molecule has 0 atom stereocenters. The zero-order chi connectivity index (χ0) is 25.8. The van der Waals surface area contributed by atoms with Crippen LogP contribution < -0.4 is 0 Å². The molecule has 0 saturated carbocycles. The van der Waals surface area contributed by atoms with E-state index in [0.29, 0.717) is 31.9 Å². The summed E-state index contributed by atoms with van der Waals surface area (Å²) < 4.78 is 5.43. The minimum Gasteiger partial charge on any atom is -0.379 e. The first-order valence-corrected chi connectivity index (χ1v) is 12.8. The van der Waals surface area contributed by atoms with E-state index < -0.39 is 0 Å². The lowest BCUT2D eigenvalue weighted by atomic mass is 10.2.